The molecule has 0 heterocycles. The SMILES string of the molecule is COC1(OC)C(C)=CC(=O)c2ccccc21. The van der Waals surface area contributed by atoms with Crippen molar-refractivity contribution < 1.29 is 14.3 Å². The summed E-state index contributed by atoms with van der Waals surface area (Å²) in [6, 6.07) is 7.35. The van der Waals surface area contributed by atoms with E-state index in [1.807, 2.05) is 25.1 Å². The molecule has 3 heteroatoms. The fourth-order valence-corrected chi connectivity index (χ4v) is 2.19. The smallest absolute Gasteiger partial charge is 0.218 e. The molecule has 1 aliphatic rings. The molecule has 84 valence electrons. The normalized spacial score (nSPS) is 17.9. The van der Waals surface area contributed by atoms with E-state index in [1.165, 1.54) is 0 Å². The molecule has 0 saturated heterocycles. The molecule has 16 heavy (non-hydrogen) atoms. The summed E-state index contributed by atoms with van der Waals surface area (Å²) in [5, 5.41) is 0. The van der Waals surface area contributed by atoms with Crippen molar-refractivity contribution in [2.75, 3.05) is 14.2 Å². The molecule has 0 saturated carbocycles. The first-order valence-electron chi connectivity index (χ1n) is 5.08. The van der Waals surface area contributed by atoms with E-state index in [0.29, 0.717) is 5.56 Å². The number of methoxy groups -OCH3 is 2. The van der Waals surface area contributed by atoms with E-state index in [1.54, 1.807) is 26.4 Å². The molecule has 0 unspecified atom stereocenters. The van der Waals surface area contributed by atoms with Gasteiger partial charge in [-0.2, -0.15) is 0 Å². The Labute approximate surface area is 94.7 Å². The van der Waals surface area contributed by atoms with Gasteiger partial charge < -0.3 is 9.47 Å². The van der Waals surface area contributed by atoms with E-state index < -0.39 is 5.79 Å². The summed E-state index contributed by atoms with van der Waals surface area (Å²) in [5.74, 6) is -0.928. The largest absolute Gasteiger partial charge is 0.346 e. The molecule has 1 aliphatic carbocycles. The molecule has 0 spiro atoms. The van der Waals surface area contributed by atoms with Gasteiger partial charge in [-0.25, -0.2) is 0 Å². The van der Waals surface area contributed by atoms with Crippen LogP contribution in [0.1, 0.15) is 22.8 Å². The first kappa shape index (κ1) is 11.0. The maximum absolute atomic E-state index is 11.8. The Balaban J connectivity index is 2.71. The van der Waals surface area contributed by atoms with E-state index >= 15 is 0 Å². The minimum atomic E-state index is -0.926. The number of ketones is 1. The van der Waals surface area contributed by atoms with E-state index in [0.717, 1.165) is 11.1 Å². The number of benzene rings is 1. The first-order chi connectivity index (χ1) is 7.65. The highest BCUT2D eigenvalue weighted by atomic mass is 16.7. The highest BCUT2D eigenvalue weighted by Crippen LogP contribution is 2.39. The van der Waals surface area contributed by atoms with Gasteiger partial charge in [0.1, 0.15) is 0 Å². The average molecular weight is 218 g/mol. The number of carbonyl (C=O) groups excluding carboxylic acids is 1. The molecule has 0 radical (unpaired) electrons. The Morgan fingerprint density at radius 3 is 2.38 bits per heavy atom. The lowest BCUT2D eigenvalue weighted by molar-refractivity contribution is -0.187. The van der Waals surface area contributed by atoms with Crippen LogP contribution in [-0.4, -0.2) is 20.0 Å². The topological polar surface area (TPSA) is 35.5 Å². The zero-order valence-corrected chi connectivity index (χ0v) is 9.61. The van der Waals surface area contributed by atoms with Crippen molar-refractivity contribution in [3.8, 4) is 0 Å². The van der Waals surface area contributed by atoms with Gasteiger partial charge in [0.05, 0.1) is 0 Å². The fraction of sp³-hybridized carbons (Fsp3) is 0.308. The predicted octanol–water partition coefficient (Wildman–Crippen LogP) is 2.27. The minimum absolute atomic E-state index is 0.00201. The van der Waals surface area contributed by atoms with Gasteiger partial charge in [-0.1, -0.05) is 24.3 Å². The number of carbonyl (C=O) groups is 1. The van der Waals surface area contributed by atoms with Gasteiger partial charge in [-0.05, 0) is 18.6 Å². The molecule has 2 rings (SSSR count). The zero-order valence-electron chi connectivity index (χ0n) is 9.61. The van der Waals surface area contributed by atoms with Crippen LogP contribution in [0.4, 0.5) is 0 Å². The average Bonchev–Trinajstić information content (AvgIpc) is 2.31. The van der Waals surface area contributed by atoms with Gasteiger partial charge in [-0.3, -0.25) is 4.79 Å². The van der Waals surface area contributed by atoms with Crippen LogP contribution < -0.4 is 0 Å². The van der Waals surface area contributed by atoms with Crippen LogP contribution in [0.3, 0.4) is 0 Å². The zero-order chi connectivity index (χ0) is 11.8. The van der Waals surface area contributed by atoms with Gasteiger partial charge in [-0.15, -0.1) is 0 Å². The molecule has 0 aliphatic heterocycles. The van der Waals surface area contributed by atoms with Crippen LogP contribution >= 0.6 is 0 Å². The van der Waals surface area contributed by atoms with Gasteiger partial charge in [0, 0.05) is 25.3 Å². The van der Waals surface area contributed by atoms with Gasteiger partial charge in [0.25, 0.3) is 0 Å². The highest BCUT2D eigenvalue weighted by molar-refractivity contribution is 6.07. The number of ether oxygens (including phenoxy) is 2. The van der Waals surface area contributed by atoms with Gasteiger partial charge >= 0.3 is 0 Å². The molecule has 0 atom stereocenters. The van der Waals surface area contributed by atoms with Crippen LogP contribution in [0.2, 0.25) is 0 Å². The molecule has 1 aromatic rings. The number of fused-ring (bicyclic) bond motifs is 1. The molecular formula is C13H14O3. The molecular weight excluding hydrogens is 204 g/mol. The van der Waals surface area contributed by atoms with Gasteiger partial charge in [0.2, 0.25) is 5.79 Å². The van der Waals surface area contributed by atoms with Crippen molar-refractivity contribution in [1.29, 1.82) is 0 Å². The van der Waals surface area contributed by atoms with Crippen molar-refractivity contribution in [2.24, 2.45) is 0 Å². The molecule has 0 bridgehead atoms. The summed E-state index contributed by atoms with van der Waals surface area (Å²) in [4.78, 5) is 11.8. The summed E-state index contributed by atoms with van der Waals surface area (Å²) in [6.45, 7) is 1.83. The second-order valence-electron chi connectivity index (χ2n) is 3.76. The quantitative estimate of drug-likeness (QED) is 0.714. The van der Waals surface area contributed by atoms with E-state index in [2.05, 4.69) is 0 Å². The maximum Gasteiger partial charge on any atom is 0.218 e. The lowest BCUT2D eigenvalue weighted by atomic mass is 9.86. The molecule has 0 fully saturated rings. The van der Waals surface area contributed by atoms with Gasteiger partial charge in [0.15, 0.2) is 5.78 Å². The van der Waals surface area contributed by atoms with Crippen LogP contribution in [0.15, 0.2) is 35.9 Å². The highest BCUT2D eigenvalue weighted by Gasteiger charge is 2.40. The lowest BCUT2D eigenvalue weighted by Gasteiger charge is -2.35. The van der Waals surface area contributed by atoms with Crippen LogP contribution in [0.25, 0.3) is 0 Å². The summed E-state index contributed by atoms with van der Waals surface area (Å²) < 4.78 is 10.9. The van der Waals surface area contributed by atoms with Crippen molar-refractivity contribution >= 4 is 5.78 Å². The predicted molar refractivity (Wildman–Crippen MR) is 60.2 cm³/mol. The Bertz CT molecular complexity index is 456. The lowest BCUT2D eigenvalue weighted by Crippen LogP contribution is -2.36. The molecule has 0 N–H and O–H groups in total. The molecule has 3 nitrogen and oxygen atoms in total. The third kappa shape index (κ3) is 1.32. The monoisotopic (exact) mass is 218 g/mol. The molecule has 1 aromatic carbocycles. The third-order valence-corrected chi connectivity index (χ3v) is 2.99. The standard InChI is InChI=1S/C13H14O3/c1-9-8-12(14)10-6-4-5-7-11(10)13(9,15-2)16-3/h4-8H,1-3H3. The van der Waals surface area contributed by atoms with Crippen molar-refractivity contribution in [1.82, 2.24) is 0 Å². The summed E-state index contributed by atoms with van der Waals surface area (Å²) in [5.41, 5.74) is 2.17. The molecule has 0 aromatic heterocycles. The van der Waals surface area contributed by atoms with Crippen LogP contribution in [0.5, 0.6) is 0 Å². The van der Waals surface area contributed by atoms with Crippen LogP contribution in [-0.2, 0) is 15.3 Å². The van der Waals surface area contributed by atoms with E-state index in [4.69, 9.17) is 9.47 Å². The number of hydrogen-bond acceptors (Lipinski definition) is 3. The van der Waals surface area contributed by atoms with E-state index in [9.17, 15) is 4.79 Å². The number of hydrogen-bond donors (Lipinski definition) is 0. The van der Waals surface area contributed by atoms with Crippen molar-refractivity contribution in [3.63, 3.8) is 0 Å². The minimum Gasteiger partial charge on any atom is -0.346 e. The van der Waals surface area contributed by atoms with Crippen LogP contribution in [0, 0.1) is 0 Å². The summed E-state index contributed by atoms with van der Waals surface area (Å²) >= 11 is 0. The third-order valence-electron chi connectivity index (χ3n) is 2.99. The molecule has 0 amide bonds. The maximum atomic E-state index is 11.8. The first-order valence-corrected chi connectivity index (χ1v) is 5.08. The van der Waals surface area contributed by atoms with E-state index in [-0.39, 0.29) is 5.78 Å². The second-order valence-corrected chi connectivity index (χ2v) is 3.76. The Hall–Kier alpha value is -1.45. The number of rotatable bonds is 2. The summed E-state index contributed by atoms with van der Waals surface area (Å²) in [7, 11) is 3.15. The summed E-state index contributed by atoms with van der Waals surface area (Å²) in [6.07, 6.45) is 1.56. The second kappa shape index (κ2) is 3.85. The fourth-order valence-electron chi connectivity index (χ4n) is 2.19. The Kier molecular flexibility index (Phi) is 2.66. The van der Waals surface area contributed by atoms with Crippen molar-refractivity contribution in [3.05, 3.63) is 47.0 Å². The Morgan fingerprint density at radius 2 is 1.75 bits per heavy atom. The number of allylic oxidation sites excluding steroid dienone is 1. The van der Waals surface area contributed by atoms with Crippen molar-refractivity contribution in [2.45, 2.75) is 12.7 Å². The Morgan fingerprint density at radius 1 is 1.12 bits per heavy atom.